The lowest BCUT2D eigenvalue weighted by atomic mass is 10.0. The van der Waals surface area contributed by atoms with Crippen LogP contribution >= 0.6 is 39.1 Å². The zero-order valence-electron chi connectivity index (χ0n) is 20.3. The van der Waals surface area contributed by atoms with Gasteiger partial charge in [0.05, 0.1) is 17.3 Å². The maximum atomic E-state index is 12.8. The summed E-state index contributed by atoms with van der Waals surface area (Å²) in [7, 11) is 0. The molecule has 190 valence electrons. The average Bonchev–Trinajstić information content (AvgIpc) is 2.76. The van der Waals surface area contributed by atoms with Crippen molar-refractivity contribution in [2.45, 2.75) is 59.3 Å². The summed E-state index contributed by atoms with van der Waals surface area (Å²) in [4.78, 5) is 25.6. The maximum Gasteiger partial charge on any atom is 0.262 e. The molecule has 0 unspecified atom stereocenters. The van der Waals surface area contributed by atoms with E-state index in [1.54, 1.807) is 19.1 Å². The number of hydrazone groups is 1. The first-order chi connectivity index (χ1) is 16.5. The summed E-state index contributed by atoms with van der Waals surface area (Å²) in [5, 5.41) is 7.57. The third kappa shape index (κ3) is 9.70. The smallest absolute Gasteiger partial charge is 0.262 e. The predicted octanol–water partition coefficient (Wildman–Crippen LogP) is 5.99. The highest BCUT2D eigenvalue weighted by molar-refractivity contribution is 9.10. The monoisotopic (exact) mass is 585 g/mol. The molecule has 2 amide bonds. The molecule has 2 atom stereocenters. The minimum absolute atomic E-state index is 0.0180. The zero-order chi connectivity index (χ0) is 26.1. The standard InChI is InChI=1S/C25H30BrCl2N3O4/c1-14(2)10-21(30-24(32)16(5)35-23-9-7-19(27)12-20(23)28)25(33)31-29-13-17-11-18(26)6-8-22(17)34-15(3)4/h6-9,11-16,21H,10H2,1-5H3,(H,30,32)(H,31,33)/b29-13-/t16-,21-/m0/s1. The summed E-state index contributed by atoms with van der Waals surface area (Å²) in [6.45, 7) is 9.34. The van der Waals surface area contributed by atoms with Gasteiger partial charge in [0.15, 0.2) is 6.10 Å². The van der Waals surface area contributed by atoms with Crippen molar-refractivity contribution in [3.8, 4) is 11.5 Å². The van der Waals surface area contributed by atoms with Crippen molar-refractivity contribution in [2.75, 3.05) is 0 Å². The second kappa shape index (κ2) is 13.7. The number of nitrogens with zero attached hydrogens (tertiary/aromatic N) is 1. The number of amides is 2. The van der Waals surface area contributed by atoms with Crippen molar-refractivity contribution >= 4 is 57.2 Å². The van der Waals surface area contributed by atoms with Crippen LogP contribution in [0.4, 0.5) is 0 Å². The molecule has 2 rings (SSSR count). The summed E-state index contributed by atoms with van der Waals surface area (Å²) < 4.78 is 12.3. The Morgan fingerprint density at radius 2 is 1.69 bits per heavy atom. The number of halogens is 3. The Hall–Kier alpha value is -2.29. The number of carbonyl (C=O) groups is 2. The summed E-state index contributed by atoms with van der Waals surface area (Å²) in [6.07, 6.45) is 1.01. The van der Waals surface area contributed by atoms with Gasteiger partial charge in [-0.1, -0.05) is 53.0 Å². The minimum atomic E-state index is -0.892. The van der Waals surface area contributed by atoms with Gasteiger partial charge in [-0.05, 0) is 69.5 Å². The molecular weight excluding hydrogens is 557 g/mol. The van der Waals surface area contributed by atoms with Gasteiger partial charge in [0.2, 0.25) is 0 Å². The molecule has 0 saturated heterocycles. The average molecular weight is 587 g/mol. The van der Waals surface area contributed by atoms with Crippen LogP contribution in [-0.2, 0) is 9.59 Å². The van der Waals surface area contributed by atoms with Crippen LogP contribution in [0.1, 0.15) is 46.6 Å². The van der Waals surface area contributed by atoms with E-state index in [9.17, 15) is 9.59 Å². The van der Waals surface area contributed by atoms with Gasteiger partial charge < -0.3 is 14.8 Å². The molecule has 2 aromatic rings. The van der Waals surface area contributed by atoms with E-state index in [1.165, 1.54) is 12.3 Å². The normalized spacial score (nSPS) is 13.1. The van der Waals surface area contributed by atoms with Gasteiger partial charge in [-0.25, -0.2) is 5.43 Å². The fourth-order valence-corrected chi connectivity index (χ4v) is 3.86. The molecule has 0 saturated carbocycles. The van der Waals surface area contributed by atoms with E-state index in [4.69, 9.17) is 32.7 Å². The third-order valence-corrected chi connectivity index (χ3v) is 5.64. The van der Waals surface area contributed by atoms with Crippen LogP contribution in [0.15, 0.2) is 46.0 Å². The second-order valence-electron chi connectivity index (χ2n) is 8.61. The Balaban J connectivity index is 2.06. The molecule has 0 aliphatic carbocycles. The topological polar surface area (TPSA) is 89.0 Å². The zero-order valence-corrected chi connectivity index (χ0v) is 23.4. The number of rotatable bonds is 11. The second-order valence-corrected chi connectivity index (χ2v) is 10.4. The summed E-state index contributed by atoms with van der Waals surface area (Å²) >= 11 is 15.5. The number of hydrogen-bond donors (Lipinski definition) is 2. The van der Waals surface area contributed by atoms with Gasteiger partial charge in [-0.15, -0.1) is 0 Å². The molecule has 0 fully saturated rings. The van der Waals surface area contributed by atoms with Crippen LogP contribution in [-0.4, -0.2) is 36.3 Å². The highest BCUT2D eigenvalue weighted by Crippen LogP contribution is 2.28. The van der Waals surface area contributed by atoms with Gasteiger partial charge >= 0.3 is 0 Å². The van der Waals surface area contributed by atoms with Gasteiger partial charge in [-0.2, -0.15) is 5.10 Å². The van der Waals surface area contributed by atoms with E-state index in [0.29, 0.717) is 28.5 Å². The molecule has 0 bridgehead atoms. The summed E-state index contributed by atoms with van der Waals surface area (Å²) in [5.74, 6) is 0.205. The first kappa shape index (κ1) is 28.9. The van der Waals surface area contributed by atoms with E-state index in [1.807, 2.05) is 45.9 Å². The van der Waals surface area contributed by atoms with E-state index in [2.05, 4.69) is 31.8 Å². The Labute approximate surface area is 224 Å². The molecule has 35 heavy (non-hydrogen) atoms. The molecule has 0 spiro atoms. The third-order valence-electron chi connectivity index (χ3n) is 4.62. The lowest BCUT2D eigenvalue weighted by Crippen LogP contribution is -2.49. The van der Waals surface area contributed by atoms with Crippen LogP contribution in [0.5, 0.6) is 11.5 Å². The van der Waals surface area contributed by atoms with Gasteiger partial charge in [-0.3, -0.25) is 9.59 Å². The van der Waals surface area contributed by atoms with Crippen molar-refractivity contribution < 1.29 is 19.1 Å². The minimum Gasteiger partial charge on any atom is -0.490 e. The van der Waals surface area contributed by atoms with E-state index < -0.39 is 24.0 Å². The maximum absolute atomic E-state index is 12.8. The highest BCUT2D eigenvalue weighted by atomic mass is 79.9. The fourth-order valence-electron chi connectivity index (χ4n) is 3.03. The molecule has 0 aliphatic heterocycles. The van der Waals surface area contributed by atoms with Crippen LogP contribution in [0.2, 0.25) is 10.0 Å². The Morgan fingerprint density at radius 3 is 2.31 bits per heavy atom. The fraction of sp³-hybridized carbons (Fsp3) is 0.400. The predicted molar refractivity (Wildman–Crippen MR) is 144 cm³/mol. The first-order valence-electron chi connectivity index (χ1n) is 11.2. The van der Waals surface area contributed by atoms with E-state index in [-0.39, 0.29) is 17.0 Å². The SMILES string of the molecule is CC(C)C[C@H](NC(=O)[C@H](C)Oc1ccc(Cl)cc1Cl)C(=O)N/N=C\c1cc(Br)ccc1OC(C)C. The van der Waals surface area contributed by atoms with Crippen molar-refractivity contribution in [1.82, 2.24) is 10.7 Å². The quantitative estimate of drug-likeness (QED) is 0.250. The molecule has 0 radical (unpaired) electrons. The first-order valence-corrected chi connectivity index (χ1v) is 12.7. The highest BCUT2D eigenvalue weighted by Gasteiger charge is 2.25. The van der Waals surface area contributed by atoms with Crippen LogP contribution in [0.3, 0.4) is 0 Å². The van der Waals surface area contributed by atoms with Gasteiger partial charge in [0, 0.05) is 15.1 Å². The molecule has 2 N–H and O–H groups in total. The Kier molecular flexibility index (Phi) is 11.3. The molecule has 10 heteroatoms. The summed E-state index contributed by atoms with van der Waals surface area (Å²) in [5.41, 5.74) is 3.21. The lowest BCUT2D eigenvalue weighted by molar-refractivity contribution is -0.132. The number of benzene rings is 2. The summed E-state index contributed by atoms with van der Waals surface area (Å²) in [6, 6.07) is 9.44. The molecule has 0 heterocycles. The van der Waals surface area contributed by atoms with E-state index in [0.717, 1.165) is 4.47 Å². The van der Waals surface area contributed by atoms with Crippen molar-refractivity contribution in [3.63, 3.8) is 0 Å². The van der Waals surface area contributed by atoms with E-state index >= 15 is 0 Å². The molecule has 0 aliphatic rings. The Morgan fingerprint density at radius 1 is 1.00 bits per heavy atom. The largest absolute Gasteiger partial charge is 0.490 e. The van der Waals surface area contributed by atoms with Crippen molar-refractivity contribution in [1.29, 1.82) is 0 Å². The van der Waals surface area contributed by atoms with Gasteiger partial charge in [0.1, 0.15) is 17.5 Å². The van der Waals surface area contributed by atoms with Crippen molar-refractivity contribution in [2.24, 2.45) is 11.0 Å². The molecular formula is C25H30BrCl2N3O4. The van der Waals surface area contributed by atoms with Gasteiger partial charge in [0.25, 0.3) is 11.8 Å². The number of ether oxygens (including phenoxy) is 2. The molecule has 7 nitrogen and oxygen atoms in total. The van der Waals surface area contributed by atoms with Crippen LogP contribution in [0.25, 0.3) is 0 Å². The Bertz CT molecular complexity index is 1060. The lowest BCUT2D eigenvalue weighted by Gasteiger charge is -2.22. The number of carbonyl (C=O) groups excluding carboxylic acids is 2. The molecule has 2 aromatic carbocycles. The number of nitrogens with one attached hydrogen (secondary N) is 2. The van der Waals surface area contributed by atoms with Crippen LogP contribution in [0, 0.1) is 5.92 Å². The van der Waals surface area contributed by atoms with Crippen LogP contribution < -0.4 is 20.2 Å². The molecule has 0 aromatic heterocycles. The number of hydrogen-bond acceptors (Lipinski definition) is 5. The van der Waals surface area contributed by atoms with Crippen molar-refractivity contribution in [3.05, 3.63) is 56.5 Å².